The van der Waals surface area contributed by atoms with Crippen molar-refractivity contribution in [1.29, 1.82) is 0 Å². The topological polar surface area (TPSA) is 168 Å². The minimum atomic E-state index is -0.902. The summed E-state index contributed by atoms with van der Waals surface area (Å²) in [5, 5.41) is 5.67. The van der Waals surface area contributed by atoms with Gasteiger partial charge in [-0.2, -0.15) is 0 Å². The summed E-state index contributed by atoms with van der Waals surface area (Å²) >= 11 is 0. The highest BCUT2D eigenvalue weighted by Crippen LogP contribution is 2.42. The van der Waals surface area contributed by atoms with Gasteiger partial charge >= 0.3 is 24.2 Å². The Morgan fingerprint density at radius 3 is 2.17 bits per heavy atom. The lowest BCUT2D eigenvalue weighted by molar-refractivity contribution is -0.155. The molecule has 1 unspecified atom stereocenters. The Kier molecular flexibility index (Phi) is 11.6. The summed E-state index contributed by atoms with van der Waals surface area (Å²) in [6, 6.07) is 3.01. The van der Waals surface area contributed by atoms with Crippen LogP contribution in [0.3, 0.4) is 0 Å². The second-order valence-electron chi connectivity index (χ2n) is 15.4. The van der Waals surface area contributed by atoms with E-state index in [2.05, 4.69) is 20.6 Å². The van der Waals surface area contributed by atoms with E-state index in [1.165, 1.54) is 29.4 Å². The maximum absolute atomic E-state index is 16.7. The molecular formula is C37H48FN5O9. The molecule has 0 aliphatic carbocycles. The number of anilines is 3. The van der Waals surface area contributed by atoms with Gasteiger partial charge in [-0.05, 0) is 106 Å². The Morgan fingerprint density at radius 1 is 0.885 bits per heavy atom. The fraction of sp³-hybridized carbons (Fsp3) is 0.514. The number of aromatic nitrogens is 2. The predicted octanol–water partition coefficient (Wildman–Crippen LogP) is 8.28. The molecule has 1 aromatic carbocycles. The van der Waals surface area contributed by atoms with E-state index < -0.39 is 53.0 Å². The molecule has 4 rings (SSSR count). The van der Waals surface area contributed by atoms with E-state index in [-0.39, 0.29) is 54.3 Å². The molecular weight excluding hydrogens is 677 g/mol. The molecule has 52 heavy (non-hydrogen) atoms. The number of pyridine rings is 2. The first-order chi connectivity index (χ1) is 24.0. The Bertz CT molecular complexity index is 1860. The van der Waals surface area contributed by atoms with Gasteiger partial charge in [-0.1, -0.05) is 0 Å². The molecule has 15 heteroatoms. The van der Waals surface area contributed by atoms with Gasteiger partial charge in [0.1, 0.15) is 41.0 Å². The lowest BCUT2D eigenvalue weighted by atomic mass is 9.96. The standard InChI is InChI=1S/C37H48FN5O9/c1-20(12-13-27(44)50-35(3,4)5)49-32(45)41-26-17-22-16-23(28(38)29(25(22)19-39-26)42-33(46)51-36(6,7)8)24-18-40-31-30(21(24)2)43(14-15-48-31)34(47)52-37(9,10)11/h16-20H,12-15H2,1-11H3,(H,42,46)(H,39,41,45). The summed E-state index contributed by atoms with van der Waals surface area (Å²) in [5.41, 5.74) is -1.39. The lowest BCUT2D eigenvalue weighted by Crippen LogP contribution is -2.42. The number of nitrogens with zero attached hydrogens (tertiary/aromatic N) is 3. The number of halogens is 1. The van der Waals surface area contributed by atoms with Crippen molar-refractivity contribution in [3.05, 3.63) is 35.9 Å². The number of carbonyl (C=O) groups is 4. The SMILES string of the molecule is Cc1c(-c2cc3cc(NC(=O)OC(C)CCC(=O)OC(C)(C)C)ncc3c(NC(=O)OC(C)(C)C)c2F)cnc2c1N(C(=O)OC(C)(C)C)CCO2. The molecule has 282 valence electrons. The van der Waals surface area contributed by atoms with Crippen molar-refractivity contribution in [3.8, 4) is 17.0 Å². The minimum absolute atomic E-state index is 0.0246. The molecule has 0 saturated carbocycles. The van der Waals surface area contributed by atoms with Crippen molar-refractivity contribution in [3.63, 3.8) is 0 Å². The number of hydrogen-bond acceptors (Lipinski definition) is 11. The van der Waals surface area contributed by atoms with Crippen LogP contribution in [0.1, 0.15) is 87.6 Å². The molecule has 14 nitrogen and oxygen atoms in total. The molecule has 3 heterocycles. The highest BCUT2D eigenvalue weighted by molar-refractivity contribution is 6.05. The van der Waals surface area contributed by atoms with Gasteiger partial charge in [0.05, 0.1) is 12.2 Å². The molecule has 3 aromatic rings. The zero-order valence-electron chi connectivity index (χ0n) is 31.6. The van der Waals surface area contributed by atoms with Crippen LogP contribution in [0.2, 0.25) is 0 Å². The highest BCUT2D eigenvalue weighted by atomic mass is 19.1. The van der Waals surface area contributed by atoms with Gasteiger partial charge in [0.2, 0.25) is 5.88 Å². The molecule has 0 spiro atoms. The molecule has 0 radical (unpaired) electrons. The first-order valence-electron chi connectivity index (χ1n) is 17.0. The second kappa shape index (κ2) is 15.2. The maximum atomic E-state index is 16.7. The van der Waals surface area contributed by atoms with Crippen LogP contribution in [-0.2, 0) is 23.7 Å². The average molecular weight is 726 g/mol. The van der Waals surface area contributed by atoms with E-state index in [1.54, 1.807) is 76.2 Å². The summed E-state index contributed by atoms with van der Waals surface area (Å²) < 4.78 is 44.2. The average Bonchev–Trinajstić information content (AvgIpc) is 2.99. The van der Waals surface area contributed by atoms with Crippen LogP contribution < -0.4 is 20.3 Å². The number of hydrogen-bond donors (Lipinski definition) is 2. The number of esters is 1. The Morgan fingerprint density at radius 2 is 1.54 bits per heavy atom. The van der Waals surface area contributed by atoms with E-state index >= 15 is 4.39 Å². The van der Waals surface area contributed by atoms with E-state index in [9.17, 15) is 19.2 Å². The van der Waals surface area contributed by atoms with Gasteiger partial charge in [-0.15, -0.1) is 0 Å². The Labute approximate surface area is 302 Å². The summed E-state index contributed by atoms with van der Waals surface area (Å²) in [4.78, 5) is 61.1. The number of ether oxygens (including phenoxy) is 5. The van der Waals surface area contributed by atoms with Crippen molar-refractivity contribution in [2.24, 2.45) is 0 Å². The lowest BCUT2D eigenvalue weighted by Gasteiger charge is -2.32. The van der Waals surface area contributed by atoms with Gasteiger partial charge in [-0.3, -0.25) is 20.3 Å². The van der Waals surface area contributed by atoms with Crippen molar-refractivity contribution in [2.45, 2.75) is 112 Å². The van der Waals surface area contributed by atoms with Crippen LogP contribution in [0.5, 0.6) is 5.88 Å². The van der Waals surface area contributed by atoms with Gasteiger partial charge in [-0.25, -0.2) is 28.7 Å². The van der Waals surface area contributed by atoms with Crippen LogP contribution in [0.4, 0.5) is 36.0 Å². The summed E-state index contributed by atoms with van der Waals surface area (Å²) in [5.74, 6) is -0.971. The van der Waals surface area contributed by atoms with E-state index in [4.69, 9.17) is 23.7 Å². The molecule has 0 saturated heterocycles. The third kappa shape index (κ3) is 10.4. The van der Waals surface area contributed by atoms with Crippen molar-refractivity contribution < 1.29 is 47.3 Å². The smallest absolute Gasteiger partial charge is 0.415 e. The molecule has 2 aromatic heterocycles. The van der Waals surface area contributed by atoms with Crippen molar-refractivity contribution in [1.82, 2.24) is 9.97 Å². The van der Waals surface area contributed by atoms with Gasteiger partial charge in [0, 0.05) is 35.3 Å². The van der Waals surface area contributed by atoms with Crippen molar-refractivity contribution >= 4 is 52.2 Å². The van der Waals surface area contributed by atoms with Gasteiger partial charge in [0.15, 0.2) is 5.82 Å². The zero-order valence-corrected chi connectivity index (χ0v) is 31.6. The molecule has 0 fully saturated rings. The quantitative estimate of drug-likeness (QED) is 0.178. The number of benzene rings is 1. The van der Waals surface area contributed by atoms with E-state index in [1.807, 2.05) is 0 Å². The first kappa shape index (κ1) is 39.6. The zero-order chi connectivity index (χ0) is 38.8. The monoisotopic (exact) mass is 725 g/mol. The summed E-state index contributed by atoms with van der Waals surface area (Å²) in [6.07, 6.45) is 0.0497. The summed E-state index contributed by atoms with van der Waals surface area (Å²) in [6.45, 7) is 19.3. The Hall–Kier alpha value is -5.21. The van der Waals surface area contributed by atoms with Crippen LogP contribution in [0, 0.1) is 12.7 Å². The number of carbonyl (C=O) groups excluding carboxylic acids is 4. The maximum Gasteiger partial charge on any atom is 0.415 e. The number of nitrogens with one attached hydrogen (secondary N) is 2. The molecule has 0 bridgehead atoms. The number of amides is 3. The fourth-order valence-corrected chi connectivity index (χ4v) is 5.26. The van der Waals surface area contributed by atoms with Crippen molar-refractivity contribution in [2.75, 3.05) is 28.7 Å². The van der Waals surface area contributed by atoms with Gasteiger partial charge < -0.3 is 23.7 Å². The third-order valence-corrected chi connectivity index (χ3v) is 7.30. The third-order valence-electron chi connectivity index (χ3n) is 7.30. The Balaban J connectivity index is 1.72. The van der Waals surface area contributed by atoms with Crippen LogP contribution in [-0.4, -0.2) is 70.3 Å². The minimum Gasteiger partial charge on any atom is -0.474 e. The molecule has 1 aliphatic rings. The second-order valence-corrected chi connectivity index (χ2v) is 15.4. The van der Waals surface area contributed by atoms with E-state index in [0.29, 0.717) is 22.2 Å². The normalized spacial score (nSPS) is 13.7. The number of fused-ring (bicyclic) bond motifs is 2. The molecule has 1 atom stereocenters. The largest absolute Gasteiger partial charge is 0.474 e. The molecule has 2 N–H and O–H groups in total. The fourth-order valence-electron chi connectivity index (χ4n) is 5.26. The molecule has 1 aliphatic heterocycles. The number of rotatable bonds is 7. The summed E-state index contributed by atoms with van der Waals surface area (Å²) in [7, 11) is 0. The molecule has 3 amide bonds. The highest BCUT2D eigenvalue weighted by Gasteiger charge is 2.32. The van der Waals surface area contributed by atoms with Crippen LogP contribution in [0.25, 0.3) is 21.9 Å². The van der Waals surface area contributed by atoms with Crippen LogP contribution in [0.15, 0.2) is 24.5 Å². The van der Waals surface area contributed by atoms with Crippen LogP contribution >= 0.6 is 0 Å². The van der Waals surface area contributed by atoms with E-state index in [0.717, 1.165) is 0 Å². The predicted molar refractivity (Wildman–Crippen MR) is 193 cm³/mol. The first-order valence-corrected chi connectivity index (χ1v) is 17.0. The van der Waals surface area contributed by atoms with Gasteiger partial charge in [0.25, 0.3) is 0 Å².